The molecule has 0 aromatic carbocycles. The van der Waals surface area contributed by atoms with Gasteiger partial charge in [0.25, 0.3) is 5.97 Å². The molecule has 0 heterocycles. The highest BCUT2D eigenvalue weighted by Gasteiger charge is 2.39. The van der Waals surface area contributed by atoms with Crippen LogP contribution in [0.5, 0.6) is 0 Å². The lowest BCUT2D eigenvalue weighted by molar-refractivity contribution is -0.380. The maximum atomic E-state index is 5.52. The van der Waals surface area contributed by atoms with Gasteiger partial charge < -0.3 is 25.3 Å². The van der Waals surface area contributed by atoms with E-state index in [1.807, 2.05) is 0 Å². The van der Waals surface area contributed by atoms with Crippen LogP contribution in [-0.4, -0.2) is 40.5 Å². The van der Waals surface area contributed by atoms with Gasteiger partial charge in [0.2, 0.25) is 0 Å². The maximum absolute atomic E-state index is 5.52. The number of hydrogen-bond acceptors (Lipinski definition) is 5. The molecule has 128 valence electrons. The normalized spacial score (nSPS) is 13.6. The molecule has 0 aromatic rings. The number of methoxy groups -OCH3 is 3. The van der Waals surface area contributed by atoms with Gasteiger partial charge in [-0.25, -0.2) is 0 Å². The van der Waals surface area contributed by atoms with Crippen LogP contribution in [0.4, 0.5) is 0 Å². The van der Waals surface area contributed by atoms with E-state index in [0.717, 1.165) is 19.4 Å². The van der Waals surface area contributed by atoms with Crippen LogP contribution < -0.4 is 11.1 Å². The minimum absolute atomic E-state index is 0.197. The fraction of sp³-hybridized carbons (Fsp3) is 1.00. The van der Waals surface area contributed by atoms with Crippen LogP contribution >= 0.6 is 0 Å². The zero-order chi connectivity index (χ0) is 16.0. The first-order valence-corrected chi connectivity index (χ1v) is 8.26. The van der Waals surface area contributed by atoms with Crippen molar-refractivity contribution in [2.24, 2.45) is 11.7 Å². The van der Waals surface area contributed by atoms with Crippen molar-refractivity contribution in [2.75, 3.05) is 34.5 Å². The minimum atomic E-state index is -0.945. The molecule has 5 heteroatoms. The van der Waals surface area contributed by atoms with Gasteiger partial charge in [-0.15, -0.1) is 0 Å². The van der Waals surface area contributed by atoms with E-state index >= 15 is 0 Å². The molecule has 0 saturated carbocycles. The van der Waals surface area contributed by atoms with Crippen molar-refractivity contribution in [3.8, 4) is 0 Å². The standard InChI is InChI=1S/C16H36N2O3/c1-5-6-7-8-9-10-11-15(12-13-18-14-17)16(19-2,20-3)21-4/h15,18H,5-14,17H2,1-4H3. The third-order valence-corrected chi connectivity index (χ3v) is 4.07. The van der Waals surface area contributed by atoms with E-state index < -0.39 is 5.97 Å². The first-order valence-electron chi connectivity index (χ1n) is 8.26. The topological polar surface area (TPSA) is 65.7 Å². The Morgan fingerprint density at radius 1 is 0.905 bits per heavy atom. The first kappa shape index (κ1) is 20.8. The molecular weight excluding hydrogens is 268 g/mol. The molecule has 0 spiro atoms. The van der Waals surface area contributed by atoms with E-state index in [1.165, 1.54) is 38.5 Å². The van der Waals surface area contributed by atoms with Crippen molar-refractivity contribution < 1.29 is 14.2 Å². The van der Waals surface area contributed by atoms with Gasteiger partial charge in [-0.3, -0.25) is 0 Å². The summed E-state index contributed by atoms with van der Waals surface area (Å²) in [6, 6.07) is 0. The monoisotopic (exact) mass is 304 g/mol. The summed E-state index contributed by atoms with van der Waals surface area (Å²) in [4.78, 5) is 0. The molecule has 21 heavy (non-hydrogen) atoms. The van der Waals surface area contributed by atoms with Crippen molar-refractivity contribution >= 4 is 0 Å². The Bertz CT molecular complexity index is 215. The number of nitrogens with two attached hydrogens (primary N) is 1. The van der Waals surface area contributed by atoms with Gasteiger partial charge in [0.1, 0.15) is 0 Å². The molecule has 1 unspecified atom stereocenters. The van der Waals surface area contributed by atoms with E-state index in [0.29, 0.717) is 6.67 Å². The molecule has 0 rings (SSSR count). The average molecular weight is 304 g/mol. The molecular formula is C16H36N2O3. The Morgan fingerprint density at radius 3 is 2.00 bits per heavy atom. The van der Waals surface area contributed by atoms with E-state index in [-0.39, 0.29) is 5.92 Å². The molecule has 0 saturated heterocycles. The third kappa shape index (κ3) is 8.12. The van der Waals surface area contributed by atoms with Gasteiger partial charge in [-0.1, -0.05) is 45.4 Å². The minimum Gasteiger partial charge on any atom is -0.331 e. The number of nitrogens with one attached hydrogen (secondary N) is 1. The molecule has 0 aliphatic heterocycles. The number of rotatable bonds is 15. The molecule has 0 radical (unpaired) electrons. The maximum Gasteiger partial charge on any atom is 0.285 e. The van der Waals surface area contributed by atoms with Gasteiger partial charge >= 0.3 is 0 Å². The summed E-state index contributed by atoms with van der Waals surface area (Å²) in [5.74, 6) is -0.748. The lowest BCUT2D eigenvalue weighted by Crippen LogP contribution is -2.45. The summed E-state index contributed by atoms with van der Waals surface area (Å²) in [6.07, 6.45) is 9.65. The van der Waals surface area contributed by atoms with Gasteiger partial charge in [-0.05, 0) is 19.4 Å². The van der Waals surface area contributed by atoms with E-state index in [9.17, 15) is 0 Å². The van der Waals surface area contributed by atoms with Gasteiger partial charge in [0, 0.05) is 33.9 Å². The van der Waals surface area contributed by atoms with Gasteiger partial charge in [0.15, 0.2) is 0 Å². The highest BCUT2D eigenvalue weighted by atomic mass is 16.9. The SMILES string of the molecule is CCCCCCCCC(CCNCN)C(OC)(OC)OC. The van der Waals surface area contributed by atoms with Crippen LogP contribution in [0.3, 0.4) is 0 Å². The summed E-state index contributed by atoms with van der Waals surface area (Å²) >= 11 is 0. The lowest BCUT2D eigenvalue weighted by atomic mass is 9.94. The van der Waals surface area contributed by atoms with Crippen LogP contribution in [0.25, 0.3) is 0 Å². The summed E-state index contributed by atoms with van der Waals surface area (Å²) in [5.41, 5.74) is 5.48. The Labute approximate surface area is 130 Å². The van der Waals surface area contributed by atoms with Crippen LogP contribution in [0.15, 0.2) is 0 Å². The summed E-state index contributed by atoms with van der Waals surface area (Å²) in [5, 5.41) is 3.15. The molecule has 0 fully saturated rings. The van der Waals surface area contributed by atoms with Gasteiger partial charge in [0.05, 0.1) is 0 Å². The van der Waals surface area contributed by atoms with E-state index in [4.69, 9.17) is 19.9 Å². The Morgan fingerprint density at radius 2 is 1.48 bits per heavy atom. The Balaban J connectivity index is 4.30. The quantitative estimate of drug-likeness (QED) is 0.360. The molecule has 0 aromatic heterocycles. The second-order valence-corrected chi connectivity index (χ2v) is 5.46. The van der Waals surface area contributed by atoms with Crippen LogP contribution in [0.2, 0.25) is 0 Å². The average Bonchev–Trinajstić information content (AvgIpc) is 2.52. The predicted octanol–water partition coefficient (Wildman–Crippen LogP) is 2.84. The summed E-state index contributed by atoms with van der Waals surface area (Å²) in [7, 11) is 4.91. The molecule has 3 N–H and O–H groups in total. The predicted molar refractivity (Wildman–Crippen MR) is 86.9 cm³/mol. The van der Waals surface area contributed by atoms with Crippen LogP contribution in [0.1, 0.15) is 58.3 Å². The Kier molecular flexibility index (Phi) is 13.3. The smallest absolute Gasteiger partial charge is 0.285 e. The molecule has 0 amide bonds. The molecule has 0 bridgehead atoms. The molecule has 0 aliphatic carbocycles. The number of unbranched alkanes of at least 4 members (excludes halogenated alkanes) is 5. The second-order valence-electron chi connectivity index (χ2n) is 5.46. The highest BCUT2D eigenvalue weighted by molar-refractivity contribution is 4.72. The number of hydrogen-bond donors (Lipinski definition) is 2. The summed E-state index contributed by atoms with van der Waals surface area (Å²) < 4.78 is 16.6. The first-order chi connectivity index (χ1) is 10.2. The zero-order valence-corrected chi connectivity index (χ0v) is 14.5. The molecule has 1 atom stereocenters. The number of ether oxygens (including phenoxy) is 3. The van der Waals surface area contributed by atoms with E-state index in [1.54, 1.807) is 21.3 Å². The third-order valence-electron chi connectivity index (χ3n) is 4.07. The van der Waals surface area contributed by atoms with Crippen molar-refractivity contribution in [1.29, 1.82) is 0 Å². The lowest BCUT2D eigenvalue weighted by Gasteiger charge is -2.36. The fourth-order valence-electron chi connectivity index (χ4n) is 2.80. The van der Waals surface area contributed by atoms with Gasteiger partial charge in [-0.2, -0.15) is 0 Å². The zero-order valence-electron chi connectivity index (χ0n) is 14.5. The van der Waals surface area contributed by atoms with Crippen molar-refractivity contribution in [2.45, 2.75) is 64.3 Å². The largest absolute Gasteiger partial charge is 0.331 e. The highest BCUT2D eigenvalue weighted by Crippen LogP contribution is 2.31. The van der Waals surface area contributed by atoms with Crippen molar-refractivity contribution in [3.05, 3.63) is 0 Å². The van der Waals surface area contributed by atoms with Crippen molar-refractivity contribution in [1.82, 2.24) is 5.32 Å². The Hall–Kier alpha value is -0.200. The van der Waals surface area contributed by atoms with Crippen LogP contribution in [0, 0.1) is 5.92 Å². The summed E-state index contributed by atoms with van der Waals surface area (Å²) in [6.45, 7) is 3.57. The molecule has 5 nitrogen and oxygen atoms in total. The van der Waals surface area contributed by atoms with E-state index in [2.05, 4.69) is 12.2 Å². The second kappa shape index (κ2) is 13.5. The van der Waals surface area contributed by atoms with Crippen molar-refractivity contribution in [3.63, 3.8) is 0 Å². The molecule has 0 aliphatic rings. The fourth-order valence-corrected chi connectivity index (χ4v) is 2.80. The van der Waals surface area contributed by atoms with Crippen LogP contribution in [-0.2, 0) is 14.2 Å².